The van der Waals surface area contributed by atoms with E-state index in [1.807, 2.05) is 31.2 Å². The predicted octanol–water partition coefficient (Wildman–Crippen LogP) is 3.51. The number of aromatic hydroxyl groups is 1. The molecule has 0 atom stereocenters. The van der Waals surface area contributed by atoms with Gasteiger partial charge in [-0.3, -0.25) is 4.98 Å². The van der Waals surface area contributed by atoms with Crippen LogP contribution in [0.15, 0.2) is 42.5 Å². The molecular formula is C17H15FN2O. The second-order valence-electron chi connectivity index (χ2n) is 4.93. The molecule has 0 amide bonds. The summed E-state index contributed by atoms with van der Waals surface area (Å²) >= 11 is 0. The van der Waals surface area contributed by atoms with Crippen molar-refractivity contribution in [1.82, 2.24) is 4.98 Å². The molecule has 0 saturated carbocycles. The molecule has 0 aliphatic carbocycles. The maximum absolute atomic E-state index is 13.7. The molecule has 0 bridgehead atoms. The summed E-state index contributed by atoms with van der Waals surface area (Å²) in [5.74, 6) is -0.994. The molecule has 0 fully saturated rings. The van der Waals surface area contributed by atoms with Crippen LogP contribution in [0, 0.1) is 12.7 Å². The molecule has 0 unspecified atom stereocenters. The molecule has 0 spiro atoms. The molecule has 0 radical (unpaired) electrons. The molecular weight excluding hydrogens is 267 g/mol. The summed E-state index contributed by atoms with van der Waals surface area (Å²) in [5, 5.41) is 11.3. The van der Waals surface area contributed by atoms with Crippen LogP contribution < -0.4 is 5.73 Å². The van der Waals surface area contributed by atoms with Gasteiger partial charge in [-0.15, -0.1) is 0 Å². The Labute approximate surface area is 121 Å². The van der Waals surface area contributed by atoms with Crippen molar-refractivity contribution in [1.29, 1.82) is 0 Å². The third kappa shape index (κ3) is 2.23. The van der Waals surface area contributed by atoms with Gasteiger partial charge in [-0.2, -0.15) is 0 Å². The number of aryl methyl sites for hydroxylation is 1. The van der Waals surface area contributed by atoms with Gasteiger partial charge in [0.05, 0.1) is 5.69 Å². The zero-order valence-electron chi connectivity index (χ0n) is 11.6. The van der Waals surface area contributed by atoms with Crippen molar-refractivity contribution in [3.8, 4) is 16.9 Å². The molecule has 3 N–H and O–H groups in total. The van der Waals surface area contributed by atoms with Gasteiger partial charge in [0.1, 0.15) is 0 Å². The quantitative estimate of drug-likeness (QED) is 0.756. The molecule has 21 heavy (non-hydrogen) atoms. The number of halogens is 1. The zero-order chi connectivity index (χ0) is 15.0. The van der Waals surface area contributed by atoms with E-state index in [1.165, 1.54) is 12.1 Å². The monoisotopic (exact) mass is 282 g/mol. The predicted molar refractivity (Wildman–Crippen MR) is 81.4 cm³/mol. The topological polar surface area (TPSA) is 59.1 Å². The highest BCUT2D eigenvalue weighted by Gasteiger charge is 2.13. The molecule has 2 aromatic carbocycles. The van der Waals surface area contributed by atoms with Gasteiger partial charge >= 0.3 is 0 Å². The zero-order valence-corrected chi connectivity index (χ0v) is 11.6. The lowest BCUT2D eigenvalue weighted by Crippen LogP contribution is -2.03. The van der Waals surface area contributed by atoms with Crippen LogP contribution in [0.3, 0.4) is 0 Å². The largest absolute Gasteiger partial charge is 0.505 e. The van der Waals surface area contributed by atoms with Crippen molar-refractivity contribution < 1.29 is 9.50 Å². The van der Waals surface area contributed by atoms with Crippen molar-refractivity contribution >= 4 is 10.8 Å². The summed E-state index contributed by atoms with van der Waals surface area (Å²) in [6.45, 7) is 2.23. The van der Waals surface area contributed by atoms with Crippen LogP contribution in [0.25, 0.3) is 21.9 Å². The SMILES string of the molecule is Cc1nc(CN)c2ccccc2c1-c1ccc(O)c(F)c1. The number of hydrogen-bond donors (Lipinski definition) is 2. The second-order valence-corrected chi connectivity index (χ2v) is 4.93. The highest BCUT2D eigenvalue weighted by Crippen LogP contribution is 2.34. The smallest absolute Gasteiger partial charge is 0.165 e. The van der Waals surface area contributed by atoms with Gasteiger partial charge in [0.25, 0.3) is 0 Å². The van der Waals surface area contributed by atoms with Crippen LogP contribution in [0.4, 0.5) is 4.39 Å². The van der Waals surface area contributed by atoms with Crippen molar-refractivity contribution in [2.45, 2.75) is 13.5 Å². The molecule has 0 aliphatic rings. The molecule has 3 aromatic rings. The fraction of sp³-hybridized carbons (Fsp3) is 0.118. The average molecular weight is 282 g/mol. The van der Waals surface area contributed by atoms with Crippen LogP contribution in [-0.4, -0.2) is 10.1 Å². The lowest BCUT2D eigenvalue weighted by molar-refractivity contribution is 0.432. The van der Waals surface area contributed by atoms with Crippen LogP contribution in [0.2, 0.25) is 0 Å². The van der Waals surface area contributed by atoms with Gasteiger partial charge in [-0.25, -0.2) is 4.39 Å². The number of rotatable bonds is 2. The standard InChI is InChI=1S/C17H15FN2O/c1-10-17(11-6-7-16(21)14(18)8-11)13-5-3-2-4-12(13)15(9-19)20-10/h2-8,21H,9,19H2,1H3. The van der Waals surface area contributed by atoms with Crippen molar-refractivity contribution in [2.24, 2.45) is 5.73 Å². The number of phenolic OH excluding ortho intramolecular Hbond substituents is 1. The number of nitrogens with two attached hydrogens (primary N) is 1. The maximum Gasteiger partial charge on any atom is 0.165 e. The minimum absolute atomic E-state index is 0.353. The Kier molecular flexibility index (Phi) is 3.31. The lowest BCUT2D eigenvalue weighted by Gasteiger charge is -2.13. The van der Waals surface area contributed by atoms with Crippen LogP contribution in [0.5, 0.6) is 5.75 Å². The Balaban J connectivity index is 2.36. The summed E-state index contributed by atoms with van der Waals surface area (Å²) in [7, 11) is 0. The fourth-order valence-electron chi connectivity index (χ4n) is 2.65. The Morgan fingerprint density at radius 3 is 2.52 bits per heavy atom. The number of benzene rings is 2. The summed E-state index contributed by atoms with van der Waals surface area (Å²) < 4.78 is 13.7. The van der Waals surface area contributed by atoms with E-state index in [9.17, 15) is 9.50 Å². The van der Waals surface area contributed by atoms with Crippen LogP contribution >= 0.6 is 0 Å². The van der Waals surface area contributed by atoms with Gasteiger partial charge in [0.2, 0.25) is 0 Å². The normalized spacial score (nSPS) is 11.0. The van der Waals surface area contributed by atoms with E-state index in [0.717, 1.165) is 27.7 Å². The van der Waals surface area contributed by atoms with Gasteiger partial charge in [-0.1, -0.05) is 30.3 Å². The summed E-state index contributed by atoms with van der Waals surface area (Å²) in [6, 6.07) is 12.2. The number of fused-ring (bicyclic) bond motifs is 1. The fourth-order valence-corrected chi connectivity index (χ4v) is 2.65. The van der Waals surface area contributed by atoms with E-state index in [-0.39, 0.29) is 5.75 Å². The first-order valence-corrected chi connectivity index (χ1v) is 6.69. The van der Waals surface area contributed by atoms with Gasteiger partial charge in [-0.05, 0) is 30.0 Å². The highest BCUT2D eigenvalue weighted by atomic mass is 19.1. The molecule has 0 saturated heterocycles. The molecule has 3 nitrogen and oxygen atoms in total. The molecule has 3 rings (SSSR count). The van der Waals surface area contributed by atoms with Crippen LogP contribution in [-0.2, 0) is 6.54 Å². The first-order valence-electron chi connectivity index (χ1n) is 6.69. The van der Waals surface area contributed by atoms with E-state index in [0.29, 0.717) is 12.1 Å². The molecule has 0 aliphatic heterocycles. The van der Waals surface area contributed by atoms with Gasteiger partial charge in [0.15, 0.2) is 11.6 Å². The van der Waals surface area contributed by atoms with E-state index in [4.69, 9.17) is 5.73 Å². The van der Waals surface area contributed by atoms with Gasteiger partial charge in [0, 0.05) is 23.2 Å². The number of aromatic nitrogens is 1. The van der Waals surface area contributed by atoms with Crippen LogP contribution in [0.1, 0.15) is 11.4 Å². The Bertz CT molecular complexity index is 830. The first kappa shape index (κ1) is 13.5. The van der Waals surface area contributed by atoms with Crippen molar-refractivity contribution in [2.75, 3.05) is 0 Å². The number of nitrogens with zero attached hydrogens (tertiary/aromatic N) is 1. The van der Waals surface area contributed by atoms with E-state index >= 15 is 0 Å². The molecule has 4 heteroatoms. The molecule has 1 heterocycles. The Morgan fingerprint density at radius 2 is 1.86 bits per heavy atom. The number of hydrogen-bond acceptors (Lipinski definition) is 3. The minimum Gasteiger partial charge on any atom is -0.505 e. The molecule has 1 aromatic heterocycles. The third-order valence-electron chi connectivity index (χ3n) is 3.60. The minimum atomic E-state index is -0.640. The third-order valence-corrected chi connectivity index (χ3v) is 3.60. The lowest BCUT2D eigenvalue weighted by atomic mass is 9.96. The van der Waals surface area contributed by atoms with Crippen molar-refractivity contribution in [3.63, 3.8) is 0 Å². The van der Waals surface area contributed by atoms with E-state index < -0.39 is 5.82 Å². The summed E-state index contributed by atoms with van der Waals surface area (Å²) in [4.78, 5) is 4.54. The van der Waals surface area contributed by atoms with E-state index in [2.05, 4.69) is 4.98 Å². The Hall–Kier alpha value is -2.46. The number of pyridine rings is 1. The summed E-state index contributed by atoms with van der Waals surface area (Å²) in [6.07, 6.45) is 0. The summed E-state index contributed by atoms with van der Waals surface area (Å²) in [5.41, 5.74) is 8.93. The highest BCUT2D eigenvalue weighted by molar-refractivity contribution is 5.98. The Morgan fingerprint density at radius 1 is 1.14 bits per heavy atom. The first-order chi connectivity index (χ1) is 10.1. The molecule has 106 valence electrons. The van der Waals surface area contributed by atoms with Gasteiger partial charge < -0.3 is 10.8 Å². The van der Waals surface area contributed by atoms with Crippen molar-refractivity contribution in [3.05, 3.63) is 59.7 Å². The maximum atomic E-state index is 13.7. The average Bonchev–Trinajstić information content (AvgIpc) is 2.49. The number of phenols is 1. The second kappa shape index (κ2) is 5.14. The van der Waals surface area contributed by atoms with E-state index in [1.54, 1.807) is 6.07 Å².